The summed E-state index contributed by atoms with van der Waals surface area (Å²) < 4.78 is 0. The van der Waals surface area contributed by atoms with Gasteiger partial charge in [-0.25, -0.2) is 0 Å². The molecule has 5 rings (SSSR count). The molecule has 3 aliphatic rings. The highest BCUT2D eigenvalue weighted by molar-refractivity contribution is 6.36. The number of aryl methyl sites for hydroxylation is 1. The summed E-state index contributed by atoms with van der Waals surface area (Å²) >= 11 is 12.4. The molecule has 27 heavy (non-hydrogen) atoms. The number of fused-ring (bicyclic) bond motifs is 2. The second kappa shape index (κ2) is 7.18. The molecule has 2 aromatic carbocycles. The lowest BCUT2D eigenvalue weighted by molar-refractivity contribution is -0.116. The first-order chi connectivity index (χ1) is 13.0. The van der Waals surface area contributed by atoms with E-state index in [2.05, 4.69) is 6.92 Å². The van der Waals surface area contributed by atoms with E-state index in [1.165, 1.54) is 0 Å². The number of benzene rings is 2. The summed E-state index contributed by atoms with van der Waals surface area (Å²) in [5.41, 5.74) is 4.08. The number of rotatable bonds is 3. The Labute approximate surface area is 169 Å². The first kappa shape index (κ1) is 18.3. The Bertz CT molecular complexity index is 988. The molecular formula is C23H20Cl2O2. The third kappa shape index (κ3) is 3.22. The van der Waals surface area contributed by atoms with Crippen molar-refractivity contribution in [1.82, 2.24) is 0 Å². The third-order valence-corrected chi connectivity index (χ3v) is 6.10. The van der Waals surface area contributed by atoms with Crippen molar-refractivity contribution < 1.29 is 9.90 Å². The minimum Gasteiger partial charge on any atom is -0.511 e. The van der Waals surface area contributed by atoms with Gasteiger partial charge in [0.1, 0.15) is 5.76 Å². The maximum absolute atomic E-state index is 13.1. The molecule has 138 valence electrons. The average Bonchev–Trinajstić information content (AvgIpc) is 2.86. The molecule has 3 aliphatic carbocycles. The van der Waals surface area contributed by atoms with Gasteiger partial charge in [0, 0.05) is 27.4 Å². The molecule has 4 heteroatoms. The fourth-order valence-corrected chi connectivity index (χ4v) is 4.56. The van der Waals surface area contributed by atoms with Gasteiger partial charge in [-0.15, -0.1) is 0 Å². The van der Waals surface area contributed by atoms with Crippen LogP contribution in [0.25, 0.3) is 16.7 Å². The van der Waals surface area contributed by atoms with Crippen molar-refractivity contribution in [1.29, 1.82) is 0 Å². The van der Waals surface area contributed by atoms with E-state index in [4.69, 9.17) is 23.2 Å². The molecule has 0 aromatic heterocycles. The van der Waals surface area contributed by atoms with Gasteiger partial charge in [0.15, 0.2) is 5.78 Å². The van der Waals surface area contributed by atoms with E-state index >= 15 is 0 Å². The van der Waals surface area contributed by atoms with Crippen molar-refractivity contribution in [3.63, 3.8) is 0 Å². The molecule has 2 bridgehead atoms. The zero-order chi connectivity index (χ0) is 19.1. The monoisotopic (exact) mass is 398 g/mol. The van der Waals surface area contributed by atoms with Crippen molar-refractivity contribution in [2.24, 2.45) is 11.8 Å². The lowest BCUT2D eigenvalue weighted by Gasteiger charge is -2.16. The Morgan fingerprint density at radius 2 is 1.74 bits per heavy atom. The minimum atomic E-state index is -0.145. The van der Waals surface area contributed by atoms with E-state index in [0.717, 1.165) is 41.5 Å². The van der Waals surface area contributed by atoms with Crippen molar-refractivity contribution in [3.8, 4) is 11.1 Å². The van der Waals surface area contributed by atoms with E-state index in [1.54, 1.807) is 12.1 Å². The highest BCUT2D eigenvalue weighted by Crippen LogP contribution is 2.41. The van der Waals surface area contributed by atoms with Gasteiger partial charge in [-0.05, 0) is 54.2 Å². The Kier molecular flexibility index (Phi) is 4.88. The fourth-order valence-electron chi connectivity index (χ4n) is 4.04. The Morgan fingerprint density at radius 3 is 2.41 bits per heavy atom. The quantitative estimate of drug-likeness (QED) is 0.586. The van der Waals surface area contributed by atoms with Gasteiger partial charge in [0.25, 0.3) is 0 Å². The summed E-state index contributed by atoms with van der Waals surface area (Å²) in [5.74, 6) is -0.00771. The molecule has 1 unspecified atom stereocenters. The van der Waals surface area contributed by atoms with Crippen molar-refractivity contribution in [2.45, 2.75) is 26.2 Å². The first-order valence-corrected chi connectivity index (χ1v) is 9.99. The van der Waals surface area contributed by atoms with Crippen LogP contribution >= 0.6 is 23.2 Å². The highest BCUT2D eigenvalue weighted by Gasteiger charge is 2.35. The molecule has 0 fully saturated rings. The van der Waals surface area contributed by atoms with Crippen LogP contribution in [0.5, 0.6) is 0 Å². The number of halogens is 2. The molecule has 0 aliphatic heterocycles. The number of aliphatic hydroxyl groups is 1. The maximum atomic E-state index is 13.1. The number of carbonyl (C=O) groups is 1. The normalized spacial score (nSPS) is 21.7. The van der Waals surface area contributed by atoms with Gasteiger partial charge in [0.2, 0.25) is 0 Å². The standard InChI is InChI=1S/C23H20Cl2O2/c1-2-13-3-8-16(18-10-9-17(24)12-20(18)25)11-19(13)21-22(26)14-4-5-15(7-6-14)23(21)27/h3-5,8-12,14-15,26H,2,6-7H2,1H3/t14?,15-/m1/s1. The number of Topliss-reactive ketones (excluding diaryl/α,β-unsaturated/α-hetero) is 1. The van der Waals surface area contributed by atoms with E-state index in [-0.39, 0.29) is 23.4 Å². The van der Waals surface area contributed by atoms with Crippen molar-refractivity contribution in [3.05, 3.63) is 75.5 Å². The molecule has 0 spiro atoms. The number of hydrogen-bond acceptors (Lipinski definition) is 2. The van der Waals surface area contributed by atoms with E-state index in [0.29, 0.717) is 15.6 Å². The van der Waals surface area contributed by atoms with Crippen LogP contribution in [0, 0.1) is 11.8 Å². The van der Waals surface area contributed by atoms with Crippen molar-refractivity contribution >= 4 is 34.6 Å². The SMILES string of the molecule is CCc1ccc(-c2ccc(Cl)cc2Cl)cc1C1=C(O)C2C=C[C@H](CC2)C1=O. The largest absolute Gasteiger partial charge is 0.511 e. The third-order valence-electron chi connectivity index (χ3n) is 5.56. The summed E-state index contributed by atoms with van der Waals surface area (Å²) in [6, 6.07) is 11.4. The van der Waals surface area contributed by atoms with Gasteiger partial charge in [-0.3, -0.25) is 4.79 Å². The number of carbonyl (C=O) groups excluding carboxylic acids is 1. The molecular weight excluding hydrogens is 379 g/mol. The molecule has 0 saturated carbocycles. The lowest BCUT2D eigenvalue weighted by Crippen LogP contribution is -2.14. The topological polar surface area (TPSA) is 37.3 Å². The van der Waals surface area contributed by atoms with Crippen LogP contribution in [0.4, 0.5) is 0 Å². The van der Waals surface area contributed by atoms with Crippen molar-refractivity contribution in [2.75, 3.05) is 0 Å². The molecule has 2 atom stereocenters. The molecule has 2 aromatic rings. The average molecular weight is 399 g/mol. The van der Waals surface area contributed by atoms with E-state index < -0.39 is 0 Å². The molecule has 0 radical (unpaired) electrons. The summed E-state index contributed by atoms with van der Waals surface area (Å²) in [7, 11) is 0. The highest BCUT2D eigenvalue weighted by atomic mass is 35.5. The lowest BCUT2D eigenvalue weighted by atomic mass is 9.87. The van der Waals surface area contributed by atoms with Gasteiger partial charge in [0.05, 0.1) is 5.57 Å². The summed E-state index contributed by atoms with van der Waals surface area (Å²) in [6.07, 6.45) is 6.30. The molecule has 2 nitrogen and oxygen atoms in total. The van der Waals surface area contributed by atoms with Crippen LogP contribution in [0.15, 0.2) is 54.3 Å². The molecule has 0 amide bonds. The van der Waals surface area contributed by atoms with Gasteiger partial charge >= 0.3 is 0 Å². The fraction of sp³-hybridized carbons (Fsp3) is 0.261. The Hall–Kier alpha value is -2.03. The second-order valence-corrected chi connectivity index (χ2v) is 7.99. The number of aliphatic hydroxyl groups excluding tert-OH is 1. The molecule has 1 N–H and O–H groups in total. The van der Waals surface area contributed by atoms with Crippen LogP contribution < -0.4 is 0 Å². The van der Waals surface area contributed by atoms with Crippen LogP contribution in [-0.2, 0) is 11.2 Å². The predicted octanol–water partition coefficient (Wildman–Crippen LogP) is 6.66. The minimum absolute atomic E-state index is 0.0119. The summed E-state index contributed by atoms with van der Waals surface area (Å²) in [6.45, 7) is 2.05. The van der Waals surface area contributed by atoms with Crippen LogP contribution in [0.3, 0.4) is 0 Å². The van der Waals surface area contributed by atoms with Gasteiger partial charge in [-0.2, -0.15) is 0 Å². The molecule has 0 saturated heterocycles. The second-order valence-electron chi connectivity index (χ2n) is 7.15. The predicted molar refractivity (Wildman–Crippen MR) is 111 cm³/mol. The van der Waals surface area contributed by atoms with Crippen LogP contribution in [-0.4, -0.2) is 10.9 Å². The van der Waals surface area contributed by atoms with Crippen LogP contribution in [0.1, 0.15) is 30.9 Å². The smallest absolute Gasteiger partial charge is 0.173 e. The van der Waals surface area contributed by atoms with Crippen LogP contribution in [0.2, 0.25) is 10.0 Å². The zero-order valence-electron chi connectivity index (χ0n) is 15.0. The number of hydrogen-bond donors (Lipinski definition) is 1. The van der Waals surface area contributed by atoms with E-state index in [1.807, 2.05) is 36.4 Å². The van der Waals surface area contributed by atoms with E-state index in [9.17, 15) is 9.90 Å². The maximum Gasteiger partial charge on any atom is 0.173 e. The summed E-state index contributed by atoms with van der Waals surface area (Å²) in [4.78, 5) is 13.1. The number of allylic oxidation sites excluding steroid dienone is 3. The number of ketones is 1. The summed E-state index contributed by atoms with van der Waals surface area (Å²) in [5, 5.41) is 12.0. The van der Waals surface area contributed by atoms with Gasteiger partial charge in [-0.1, -0.05) is 60.5 Å². The zero-order valence-corrected chi connectivity index (χ0v) is 16.5. The Morgan fingerprint density at radius 1 is 1.00 bits per heavy atom. The Balaban J connectivity index is 1.90. The molecule has 0 heterocycles. The first-order valence-electron chi connectivity index (χ1n) is 9.24. The van der Waals surface area contributed by atoms with Gasteiger partial charge < -0.3 is 5.11 Å².